The number of halogens is 1. The quantitative estimate of drug-likeness (QED) is 0.764. The van der Waals surface area contributed by atoms with Gasteiger partial charge in [-0.25, -0.2) is 0 Å². The van der Waals surface area contributed by atoms with E-state index >= 15 is 0 Å². The van der Waals surface area contributed by atoms with E-state index in [2.05, 4.69) is 42.4 Å². The number of rotatable bonds is 5. The van der Waals surface area contributed by atoms with Gasteiger partial charge in [0.15, 0.2) is 8.68 Å². The van der Waals surface area contributed by atoms with Crippen LogP contribution in [0.1, 0.15) is 26.3 Å². The van der Waals surface area contributed by atoms with Crippen LogP contribution in [-0.4, -0.2) is 22.0 Å². The van der Waals surface area contributed by atoms with Gasteiger partial charge in [0.25, 0.3) is 0 Å². The van der Waals surface area contributed by atoms with Crippen LogP contribution in [-0.2, 0) is 6.54 Å². The monoisotopic (exact) mass is 359 g/mol. The first-order chi connectivity index (χ1) is 9.87. The molecular weight excluding hydrogens is 342 g/mol. The number of nitrogens with zero attached hydrogens (tertiary/aromatic N) is 2. The van der Waals surface area contributed by atoms with Crippen molar-refractivity contribution < 1.29 is 0 Å². The van der Waals surface area contributed by atoms with Crippen molar-refractivity contribution in [3.05, 3.63) is 28.8 Å². The molecule has 0 saturated carbocycles. The van der Waals surface area contributed by atoms with Gasteiger partial charge in [0.2, 0.25) is 0 Å². The Kier molecular flexibility index (Phi) is 5.96. The highest BCUT2D eigenvalue weighted by molar-refractivity contribution is 8.03. The number of aromatic nitrogens is 2. The minimum atomic E-state index is 0.0797. The lowest BCUT2D eigenvalue weighted by atomic mass is 10.1. The van der Waals surface area contributed by atoms with E-state index in [1.807, 2.05) is 18.4 Å². The molecule has 0 saturated heterocycles. The second-order valence-corrected chi connectivity index (χ2v) is 9.25. The molecule has 2 rings (SSSR count). The molecule has 1 heterocycles. The van der Waals surface area contributed by atoms with E-state index in [1.165, 1.54) is 5.56 Å². The van der Waals surface area contributed by atoms with Crippen molar-refractivity contribution in [3.63, 3.8) is 0 Å². The number of thioether (sulfide) groups is 1. The molecule has 0 atom stereocenters. The Balaban J connectivity index is 2.18. The molecule has 0 fully saturated rings. The van der Waals surface area contributed by atoms with E-state index in [0.29, 0.717) is 0 Å². The lowest BCUT2D eigenvalue weighted by Gasteiger charge is -2.21. The highest BCUT2D eigenvalue weighted by Crippen LogP contribution is 2.36. The number of nitrogens with one attached hydrogen (secondary N) is 1. The summed E-state index contributed by atoms with van der Waals surface area (Å²) in [6, 6.07) is 5.99. The number of hydrogen-bond acceptors (Lipinski definition) is 6. The molecule has 7 heteroatoms. The van der Waals surface area contributed by atoms with Gasteiger partial charge in [-0.1, -0.05) is 52.5 Å². The minimum Gasteiger partial charge on any atom is -0.308 e. The summed E-state index contributed by atoms with van der Waals surface area (Å²) in [5.74, 6) is 0. The van der Waals surface area contributed by atoms with Crippen LogP contribution in [0.2, 0.25) is 5.02 Å². The fourth-order valence-corrected chi connectivity index (χ4v) is 4.34. The van der Waals surface area contributed by atoms with Gasteiger partial charge in [-0.3, -0.25) is 0 Å². The number of hydrogen-bond donors (Lipinski definition) is 1. The maximum Gasteiger partial charge on any atom is 0.179 e. The van der Waals surface area contributed by atoms with Crippen molar-refractivity contribution >= 4 is 46.5 Å². The van der Waals surface area contributed by atoms with Gasteiger partial charge in [0, 0.05) is 22.0 Å². The third-order valence-corrected chi connectivity index (χ3v) is 5.88. The molecule has 3 nitrogen and oxygen atoms in total. The van der Waals surface area contributed by atoms with Gasteiger partial charge >= 0.3 is 0 Å². The molecule has 0 spiro atoms. The average Bonchev–Trinajstić information content (AvgIpc) is 2.84. The van der Waals surface area contributed by atoms with Crippen LogP contribution in [0.4, 0.5) is 0 Å². The molecule has 1 aromatic heterocycles. The summed E-state index contributed by atoms with van der Waals surface area (Å²) >= 11 is 11.0. The van der Waals surface area contributed by atoms with Gasteiger partial charge in [-0.2, -0.15) is 0 Å². The molecule has 0 bridgehead atoms. The predicted molar refractivity (Wildman–Crippen MR) is 93.9 cm³/mol. The number of benzene rings is 1. The van der Waals surface area contributed by atoms with E-state index in [-0.39, 0.29) is 5.54 Å². The third kappa shape index (κ3) is 5.45. The normalized spacial score (nSPS) is 11.9. The topological polar surface area (TPSA) is 37.8 Å². The average molecular weight is 360 g/mol. The highest BCUT2D eigenvalue weighted by Gasteiger charge is 2.13. The van der Waals surface area contributed by atoms with Crippen molar-refractivity contribution in [3.8, 4) is 0 Å². The second-order valence-electron chi connectivity index (χ2n) is 5.50. The molecular formula is C14H18ClN3S3. The highest BCUT2D eigenvalue weighted by atomic mass is 35.5. The van der Waals surface area contributed by atoms with Crippen molar-refractivity contribution in [1.82, 2.24) is 15.5 Å². The van der Waals surface area contributed by atoms with Gasteiger partial charge in [-0.15, -0.1) is 10.2 Å². The summed E-state index contributed by atoms with van der Waals surface area (Å²) < 4.78 is 1.92. The second kappa shape index (κ2) is 7.33. The first kappa shape index (κ1) is 17.1. The Morgan fingerprint density at radius 2 is 1.95 bits per heavy atom. The van der Waals surface area contributed by atoms with E-state index in [4.69, 9.17) is 11.6 Å². The third-order valence-electron chi connectivity index (χ3n) is 2.60. The maximum atomic E-state index is 6.14. The molecule has 0 aliphatic carbocycles. The van der Waals surface area contributed by atoms with Crippen LogP contribution in [0.15, 0.2) is 31.8 Å². The summed E-state index contributed by atoms with van der Waals surface area (Å²) in [7, 11) is 0. The zero-order valence-corrected chi connectivity index (χ0v) is 15.6. The molecule has 1 aromatic carbocycles. The molecule has 21 heavy (non-hydrogen) atoms. The Morgan fingerprint density at radius 3 is 2.57 bits per heavy atom. The molecule has 0 unspecified atom stereocenters. The van der Waals surface area contributed by atoms with Crippen LogP contribution in [0.3, 0.4) is 0 Å². The molecule has 114 valence electrons. The van der Waals surface area contributed by atoms with Crippen molar-refractivity contribution in [1.29, 1.82) is 0 Å². The summed E-state index contributed by atoms with van der Waals surface area (Å²) in [6.45, 7) is 7.28. The summed E-state index contributed by atoms with van der Waals surface area (Å²) in [5, 5.41) is 12.6. The van der Waals surface area contributed by atoms with Gasteiger partial charge in [0.05, 0.1) is 0 Å². The Hall–Kier alpha value is -0.270. The molecule has 0 amide bonds. The molecule has 0 aliphatic heterocycles. The van der Waals surface area contributed by atoms with Crippen molar-refractivity contribution in [2.45, 2.75) is 46.4 Å². The SMILES string of the molecule is CSc1nnc(Sc2cc(Cl)ccc2CNC(C)(C)C)s1. The fourth-order valence-electron chi connectivity index (χ4n) is 1.54. The van der Waals surface area contributed by atoms with Gasteiger partial charge in [0.1, 0.15) is 0 Å². The van der Waals surface area contributed by atoms with E-state index in [0.717, 1.165) is 25.1 Å². The minimum absolute atomic E-state index is 0.0797. The van der Waals surface area contributed by atoms with Crippen LogP contribution in [0.5, 0.6) is 0 Å². The predicted octanol–water partition coefficient (Wildman–Crippen LogP) is 4.95. The van der Waals surface area contributed by atoms with Crippen LogP contribution in [0.25, 0.3) is 0 Å². The first-order valence-corrected chi connectivity index (χ1v) is 9.70. The first-order valence-electron chi connectivity index (χ1n) is 6.46. The Morgan fingerprint density at radius 1 is 1.24 bits per heavy atom. The lowest BCUT2D eigenvalue weighted by Crippen LogP contribution is -2.35. The standard InChI is InChI=1S/C14H18ClN3S3/c1-14(2,3)16-8-9-5-6-10(15)7-11(9)20-13-18-17-12(19-4)21-13/h5-7,16H,8H2,1-4H3. The Bertz CT molecular complexity index is 608. The zero-order chi connectivity index (χ0) is 15.5. The van der Waals surface area contributed by atoms with Gasteiger partial charge in [-0.05, 0) is 44.7 Å². The largest absolute Gasteiger partial charge is 0.308 e. The van der Waals surface area contributed by atoms with Crippen LogP contribution in [0, 0.1) is 0 Å². The van der Waals surface area contributed by atoms with Crippen LogP contribution < -0.4 is 5.32 Å². The smallest absolute Gasteiger partial charge is 0.179 e. The van der Waals surface area contributed by atoms with Crippen molar-refractivity contribution in [2.24, 2.45) is 0 Å². The Labute approximate surface area is 143 Å². The van der Waals surface area contributed by atoms with E-state index in [1.54, 1.807) is 34.9 Å². The van der Waals surface area contributed by atoms with E-state index in [9.17, 15) is 0 Å². The molecule has 1 N–H and O–H groups in total. The fraction of sp³-hybridized carbons (Fsp3) is 0.429. The maximum absolute atomic E-state index is 6.14. The van der Waals surface area contributed by atoms with E-state index < -0.39 is 0 Å². The summed E-state index contributed by atoms with van der Waals surface area (Å²) in [5.41, 5.74) is 1.30. The summed E-state index contributed by atoms with van der Waals surface area (Å²) in [4.78, 5) is 1.13. The van der Waals surface area contributed by atoms with Crippen LogP contribution >= 0.6 is 46.5 Å². The van der Waals surface area contributed by atoms with Crippen molar-refractivity contribution in [2.75, 3.05) is 6.26 Å². The summed E-state index contributed by atoms with van der Waals surface area (Å²) in [6.07, 6.45) is 2.01. The lowest BCUT2D eigenvalue weighted by molar-refractivity contribution is 0.422. The molecule has 2 aromatic rings. The molecule has 0 radical (unpaired) electrons. The zero-order valence-electron chi connectivity index (χ0n) is 12.4. The van der Waals surface area contributed by atoms with Gasteiger partial charge < -0.3 is 5.32 Å². The molecule has 0 aliphatic rings.